The highest BCUT2D eigenvalue weighted by atomic mass is 16.5. The molecule has 2 rings (SSSR count). The first-order chi connectivity index (χ1) is 8.99. The highest BCUT2D eigenvalue weighted by molar-refractivity contribution is 5.78. The number of hydrogen-bond acceptors (Lipinski definition) is 3. The monoisotopic (exact) mass is 264 g/mol. The maximum Gasteiger partial charge on any atom is 0.226 e. The van der Waals surface area contributed by atoms with Crippen molar-refractivity contribution >= 4 is 5.91 Å². The fraction of sp³-hybridized carbons (Fsp3) is 0.733. The number of carbonyl (C=O) groups excluding carboxylic acids is 1. The van der Waals surface area contributed by atoms with Gasteiger partial charge in [-0.3, -0.25) is 4.79 Å². The molecule has 0 bridgehead atoms. The van der Waals surface area contributed by atoms with Crippen LogP contribution in [0.25, 0.3) is 0 Å². The molecule has 0 aliphatic heterocycles. The lowest BCUT2D eigenvalue weighted by molar-refractivity contribution is -0.121. The van der Waals surface area contributed by atoms with Gasteiger partial charge in [0.25, 0.3) is 0 Å². The van der Waals surface area contributed by atoms with E-state index in [1.54, 1.807) is 0 Å². The van der Waals surface area contributed by atoms with E-state index in [1.165, 1.54) is 25.7 Å². The van der Waals surface area contributed by atoms with Crippen LogP contribution in [0.2, 0.25) is 0 Å². The number of carbonyl (C=O) groups is 1. The molecule has 1 saturated carbocycles. The molecule has 0 aromatic carbocycles. The van der Waals surface area contributed by atoms with Crippen molar-refractivity contribution in [1.29, 1.82) is 0 Å². The van der Waals surface area contributed by atoms with E-state index in [0.717, 1.165) is 12.3 Å². The third-order valence-corrected chi connectivity index (χ3v) is 3.93. The van der Waals surface area contributed by atoms with Gasteiger partial charge >= 0.3 is 0 Å². The van der Waals surface area contributed by atoms with Gasteiger partial charge in [0.05, 0.1) is 12.1 Å². The second kappa shape index (κ2) is 5.76. The second-order valence-electron chi connectivity index (χ2n) is 6.33. The Morgan fingerprint density at radius 1 is 1.53 bits per heavy atom. The minimum absolute atomic E-state index is 0.0448. The molecular formula is C15H24N2O2. The average Bonchev–Trinajstić information content (AvgIpc) is 2.67. The standard InChI is InChI=1S/C15H24N2O2/c1-11(2)9-15(5-4-6-15)10-16-14(18)8-13-7-12(3)19-17-13/h7,11H,4-6,8-10H2,1-3H3,(H,16,18). The number of nitrogens with zero attached hydrogens (tertiary/aromatic N) is 1. The van der Waals surface area contributed by atoms with Gasteiger partial charge in [0.15, 0.2) is 0 Å². The van der Waals surface area contributed by atoms with Gasteiger partial charge in [0.2, 0.25) is 5.91 Å². The third-order valence-electron chi connectivity index (χ3n) is 3.93. The van der Waals surface area contributed by atoms with Gasteiger partial charge in [-0.15, -0.1) is 0 Å². The summed E-state index contributed by atoms with van der Waals surface area (Å²) in [6.07, 6.45) is 5.31. The number of hydrogen-bond donors (Lipinski definition) is 1. The van der Waals surface area contributed by atoms with E-state index < -0.39 is 0 Å². The Bertz CT molecular complexity index is 433. The van der Waals surface area contributed by atoms with Gasteiger partial charge in [-0.05, 0) is 37.5 Å². The summed E-state index contributed by atoms with van der Waals surface area (Å²) in [6, 6.07) is 1.81. The predicted molar refractivity (Wildman–Crippen MR) is 73.7 cm³/mol. The van der Waals surface area contributed by atoms with Crippen molar-refractivity contribution in [1.82, 2.24) is 10.5 Å². The summed E-state index contributed by atoms with van der Waals surface area (Å²) in [4.78, 5) is 11.9. The normalized spacial score (nSPS) is 17.3. The van der Waals surface area contributed by atoms with E-state index in [2.05, 4.69) is 24.3 Å². The maximum atomic E-state index is 11.9. The molecule has 1 fully saturated rings. The Labute approximate surface area is 114 Å². The Balaban J connectivity index is 1.79. The molecule has 1 aromatic rings. The number of aromatic nitrogens is 1. The Kier molecular flexibility index (Phi) is 4.27. The number of rotatable bonds is 6. The minimum Gasteiger partial charge on any atom is -0.361 e. The van der Waals surface area contributed by atoms with Crippen LogP contribution in [-0.2, 0) is 11.2 Å². The zero-order valence-electron chi connectivity index (χ0n) is 12.2. The lowest BCUT2D eigenvalue weighted by Gasteiger charge is -2.43. The first kappa shape index (κ1) is 14.1. The molecule has 1 aliphatic carbocycles. The van der Waals surface area contributed by atoms with E-state index in [-0.39, 0.29) is 5.91 Å². The highest BCUT2D eigenvalue weighted by Gasteiger charge is 2.37. The fourth-order valence-corrected chi connectivity index (χ4v) is 3.01. The average molecular weight is 264 g/mol. The maximum absolute atomic E-state index is 11.9. The summed E-state index contributed by atoms with van der Waals surface area (Å²) >= 11 is 0. The van der Waals surface area contributed by atoms with Gasteiger partial charge in [0, 0.05) is 12.6 Å². The van der Waals surface area contributed by atoms with Crippen LogP contribution in [0, 0.1) is 18.3 Å². The molecule has 4 heteroatoms. The molecule has 0 saturated heterocycles. The summed E-state index contributed by atoms with van der Waals surface area (Å²) < 4.78 is 4.97. The van der Waals surface area contributed by atoms with E-state index in [4.69, 9.17) is 4.52 Å². The van der Waals surface area contributed by atoms with E-state index in [0.29, 0.717) is 23.4 Å². The van der Waals surface area contributed by atoms with Gasteiger partial charge in [-0.25, -0.2) is 0 Å². The predicted octanol–water partition coefficient (Wildman–Crippen LogP) is 2.86. The second-order valence-corrected chi connectivity index (χ2v) is 6.33. The molecule has 106 valence electrons. The molecular weight excluding hydrogens is 240 g/mol. The molecule has 1 aliphatic rings. The Morgan fingerprint density at radius 3 is 2.74 bits per heavy atom. The van der Waals surface area contributed by atoms with Crippen molar-refractivity contribution in [2.45, 2.75) is 52.9 Å². The first-order valence-electron chi connectivity index (χ1n) is 7.18. The molecule has 4 nitrogen and oxygen atoms in total. The van der Waals surface area contributed by atoms with Crippen molar-refractivity contribution < 1.29 is 9.32 Å². The van der Waals surface area contributed by atoms with Crippen molar-refractivity contribution in [3.8, 4) is 0 Å². The fourth-order valence-electron chi connectivity index (χ4n) is 3.01. The SMILES string of the molecule is Cc1cc(CC(=O)NCC2(CC(C)C)CCC2)no1. The molecule has 0 spiro atoms. The van der Waals surface area contributed by atoms with E-state index >= 15 is 0 Å². The van der Waals surface area contributed by atoms with Crippen molar-refractivity contribution in [3.05, 3.63) is 17.5 Å². The molecule has 1 heterocycles. The van der Waals surface area contributed by atoms with E-state index in [9.17, 15) is 4.79 Å². The quantitative estimate of drug-likeness (QED) is 0.859. The van der Waals surface area contributed by atoms with Crippen LogP contribution >= 0.6 is 0 Å². The number of aryl methyl sites for hydroxylation is 1. The molecule has 19 heavy (non-hydrogen) atoms. The van der Waals surface area contributed by atoms with Crippen molar-refractivity contribution in [2.24, 2.45) is 11.3 Å². The zero-order valence-corrected chi connectivity index (χ0v) is 12.2. The van der Waals surface area contributed by atoms with Crippen molar-refractivity contribution in [2.75, 3.05) is 6.54 Å². The highest BCUT2D eigenvalue weighted by Crippen LogP contribution is 2.45. The van der Waals surface area contributed by atoms with Gasteiger partial charge in [0.1, 0.15) is 5.76 Å². The zero-order chi connectivity index (χ0) is 13.9. The summed E-state index contributed by atoms with van der Waals surface area (Å²) in [5.41, 5.74) is 1.06. The summed E-state index contributed by atoms with van der Waals surface area (Å²) in [6.45, 7) is 7.14. The smallest absolute Gasteiger partial charge is 0.226 e. The van der Waals surface area contributed by atoms with Gasteiger partial charge in [-0.2, -0.15) is 0 Å². The topological polar surface area (TPSA) is 55.1 Å². The largest absolute Gasteiger partial charge is 0.361 e. The summed E-state index contributed by atoms with van der Waals surface area (Å²) in [5.74, 6) is 1.48. The van der Waals surface area contributed by atoms with Crippen LogP contribution in [0.3, 0.4) is 0 Å². The minimum atomic E-state index is 0.0448. The molecule has 0 radical (unpaired) electrons. The molecule has 0 atom stereocenters. The van der Waals surface area contributed by atoms with Crippen LogP contribution in [-0.4, -0.2) is 17.6 Å². The van der Waals surface area contributed by atoms with Crippen LogP contribution in [0.15, 0.2) is 10.6 Å². The lowest BCUT2D eigenvalue weighted by atomic mass is 9.64. The van der Waals surface area contributed by atoms with Crippen LogP contribution in [0.1, 0.15) is 51.0 Å². The Hall–Kier alpha value is -1.32. The summed E-state index contributed by atoms with van der Waals surface area (Å²) in [5, 5.41) is 6.91. The lowest BCUT2D eigenvalue weighted by Crippen LogP contribution is -2.43. The molecule has 0 unspecified atom stereocenters. The van der Waals surface area contributed by atoms with Crippen LogP contribution in [0.5, 0.6) is 0 Å². The summed E-state index contributed by atoms with van der Waals surface area (Å²) in [7, 11) is 0. The van der Waals surface area contributed by atoms with Gasteiger partial charge < -0.3 is 9.84 Å². The molecule has 1 aromatic heterocycles. The first-order valence-corrected chi connectivity index (χ1v) is 7.18. The Morgan fingerprint density at radius 2 is 2.26 bits per heavy atom. The van der Waals surface area contributed by atoms with Crippen LogP contribution < -0.4 is 5.32 Å². The third kappa shape index (κ3) is 3.82. The van der Waals surface area contributed by atoms with Crippen molar-refractivity contribution in [3.63, 3.8) is 0 Å². The van der Waals surface area contributed by atoms with Gasteiger partial charge in [-0.1, -0.05) is 25.4 Å². The van der Waals surface area contributed by atoms with Crippen LogP contribution in [0.4, 0.5) is 0 Å². The molecule has 1 amide bonds. The van der Waals surface area contributed by atoms with E-state index in [1.807, 2.05) is 13.0 Å². The molecule has 1 N–H and O–H groups in total. The number of nitrogens with one attached hydrogen (secondary N) is 1. The number of amides is 1.